The van der Waals surface area contributed by atoms with Gasteiger partial charge in [-0.05, 0) is 38.8 Å². The number of ether oxygens (including phenoxy) is 1. The largest absolute Gasteiger partial charge is 0.395 e. The van der Waals surface area contributed by atoms with Crippen molar-refractivity contribution in [3.8, 4) is 0 Å². The molecule has 4 nitrogen and oxygen atoms in total. The van der Waals surface area contributed by atoms with Crippen molar-refractivity contribution >= 4 is 0 Å². The molecule has 0 spiro atoms. The van der Waals surface area contributed by atoms with Crippen molar-refractivity contribution in [1.82, 2.24) is 4.90 Å². The lowest BCUT2D eigenvalue weighted by atomic mass is 10.0. The van der Waals surface area contributed by atoms with Crippen molar-refractivity contribution in [2.24, 2.45) is 0 Å². The predicted octanol–water partition coefficient (Wildman–Crippen LogP) is 8.28. The van der Waals surface area contributed by atoms with E-state index in [9.17, 15) is 10.2 Å². The predicted molar refractivity (Wildman–Crippen MR) is 153 cm³/mol. The van der Waals surface area contributed by atoms with Gasteiger partial charge in [-0.2, -0.15) is 0 Å². The summed E-state index contributed by atoms with van der Waals surface area (Å²) in [5.41, 5.74) is 0. The van der Waals surface area contributed by atoms with Crippen LogP contribution in [-0.2, 0) is 4.74 Å². The minimum Gasteiger partial charge on any atom is -0.395 e. The van der Waals surface area contributed by atoms with Crippen molar-refractivity contribution < 1.29 is 14.9 Å². The lowest BCUT2D eigenvalue weighted by Crippen LogP contribution is -2.47. The summed E-state index contributed by atoms with van der Waals surface area (Å²) in [6.07, 6.45) is 27.6. The van der Waals surface area contributed by atoms with Gasteiger partial charge in [0.25, 0.3) is 0 Å². The van der Waals surface area contributed by atoms with Gasteiger partial charge in [-0.25, -0.2) is 0 Å². The lowest BCUT2D eigenvalue weighted by Gasteiger charge is -2.34. The number of hydrogen-bond donors (Lipinski definition) is 2. The van der Waals surface area contributed by atoms with Crippen molar-refractivity contribution in [3.63, 3.8) is 0 Å². The molecule has 0 aromatic rings. The quantitative estimate of drug-likeness (QED) is 0.102. The van der Waals surface area contributed by atoms with Gasteiger partial charge >= 0.3 is 0 Å². The summed E-state index contributed by atoms with van der Waals surface area (Å²) in [5, 5.41) is 20.9. The Kier molecular flexibility index (Phi) is 28.3. The fourth-order valence-electron chi connectivity index (χ4n) is 5.12. The summed E-state index contributed by atoms with van der Waals surface area (Å²) in [7, 11) is 1.77. The third kappa shape index (κ3) is 22.7. The number of aliphatic hydroxyl groups excluding tert-OH is 2. The van der Waals surface area contributed by atoms with E-state index in [2.05, 4.69) is 18.7 Å². The molecule has 0 rings (SSSR count). The van der Waals surface area contributed by atoms with E-state index in [1.165, 1.54) is 103 Å². The van der Waals surface area contributed by atoms with Crippen LogP contribution in [0.1, 0.15) is 155 Å². The first-order valence-corrected chi connectivity index (χ1v) is 15.7. The third-order valence-corrected chi connectivity index (χ3v) is 7.55. The van der Waals surface area contributed by atoms with Crippen LogP contribution in [0.25, 0.3) is 0 Å². The Balaban J connectivity index is 3.95. The van der Waals surface area contributed by atoms with Gasteiger partial charge in [-0.3, -0.25) is 4.90 Å². The van der Waals surface area contributed by atoms with Crippen LogP contribution in [0, 0.1) is 0 Å². The van der Waals surface area contributed by atoms with Crippen molar-refractivity contribution in [3.05, 3.63) is 0 Å². The highest BCUT2D eigenvalue weighted by atomic mass is 16.5. The van der Waals surface area contributed by atoms with Gasteiger partial charge in [-0.1, -0.05) is 129 Å². The topological polar surface area (TPSA) is 52.9 Å². The maximum atomic E-state index is 10.9. The highest BCUT2D eigenvalue weighted by molar-refractivity contribution is 4.79. The standard InChI is InChI=1S/C31H65NO3/c1-4-6-8-9-10-11-12-13-14-15-16-19-22-25-31(34)30(29-33)32(26-7-5-2)27-23-20-17-18-21-24-28-35-3/h30-31,33-34H,4-29H2,1-3H3. The maximum Gasteiger partial charge on any atom is 0.0717 e. The Morgan fingerprint density at radius 1 is 0.571 bits per heavy atom. The number of aliphatic hydroxyl groups is 2. The zero-order chi connectivity index (χ0) is 25.8. The Morgan fingerprint density at radius 2 is 1.00 bits per heavy atom. The van der Waals surface area contributed by atoms with Gasteiger partial charge in [0.05, 0.1) is 18.8 Å². The Hall–Kier alpha value is -0.160. The van der Waals surface area contributed by atoms with E-state index in [1.807, 2.05) is 0 Å². The second-order valence-electron chi connectivity index (χ2n) is 10.9. The number of hydrogen-bond acceptors (Lipinski definition) is 4. The lowest BCUT2D eigenvalue weighted by molar-refractivity contribution is 0.00876. The van der Waals surface area contributed by atoms with E-state index < -0.39 is 6.10 Å². The molecule has 0 bridgehead atoms. The first-order chi connectivity index (χ1) is 17.2. The van der Waals surface area contributed by atoms with E-state index in [1.54, 1.807) is 7.11 Å². The van der Waals surface area contributed by atoms with Crippen LogP contribution in [0.4, 0.5) is 0 Å². The summed E-state index contributed by atoms with van der Waals surface area (Å²) in [5.74, 6) is 0. The molecule has 212 valence electrons. The van der Waals surface area contributed by atoms with Crippen LogP contribution >= 0.6 is 0 Å². The average molecular weight is 500 g/mol. The van der Waals surface area contributed by atoms with E-state index in [0.717, 1.165) is 58.2 Å². The molecule has 0 saturated heterocycles. The van der Waals surface area contributed by atoms with Crippen LogP contribution in [0.3, 0.4) is 0 Å². The summed E-state index contributed by atoms with van der Waals surface area (Å²) < 4.78 is 5.12. The first kappa shape index (κ1) is 34.8. The zero-order valence-corrected chi connectivity index (χ0v) is 24.3. The van der Waals surface area contributed by atoms with E-state index >= 15 is 0 Å². The molecule has 2 unspecified atom stereocenters. The molecule has 0 aliphatic heterocycles. The Morgan fingerprint density at radius 3 is 1.49 bits per heavy atom. The van der Waals surface area contributed by atoms with E-state index in [4.69, 9.17) is 4.74 Å². The fourth-order valence-corrected chi connectivity index (χ4v) is 5.12. The van der Waals surface area contributed by atoms with Crippen molar-refractivity contribution in [1.29, 1.82) is 0 Å². The monoisotopic (exact) mass is 499 g/mol. The summed E-state index contributed by atoms with van der Waals surface area (Å²) >= 11 is 0. The van der Waals surface area contributed by atoms with Gasteiger partial charge in [0.2, 0.25) is 0 Å². The fraction of sp³-hybridized carbons (Fsp3) is 1.00. The second kappa shape index (κ2) is 28.4. The molecule has 0 aromatic carbocycles. The molecule has 0 radical (unpaired) electrons. The highest BCUT2D eigenvalue weighted by Gasteiger charge is 2.24. The number of rotatable bonds is 29. The van der Waals surface area contributed by atoms with Crippen LogP contribution in [0.2, 0.25) is 0 Å². The summed E-state index contributed by atoms with van der Waals surface area (Å²) in [4.78, 5) is 2.38. The molecule has 2 N–H and O–H groups in total. The van der Waals surface area contributed by atoms with Crippen LogP contribution < -0.4 is 0 Å². The Labute approximate surface area is 220 Å². The van der Waals surface area contributed by atoms with Gasteiger partial charge in [0.1, 0.15) is 0 Å². The molecule has 0 aliphatic carbocycles. The molecule has 0 saturated carbocycles. The zero-order valence-electron chi connectivity index (χ0n) is 24.3. The molecule has 4 heteroatoms. The second-order valence-corrected chi connectivity index (χ2v) is 10.9. The van der Waals surface area contributed by atoms with Crippen LogP contribution in [-0.4, -0.2) is 60.7 Å². The summed E-state index contributed by atoms with van der Waals surface area (Å²) in [6.45, 7) is 7.44. The first-order valence-electron chi connectivity index (χ1n) is 15.7. The highest BCUT2D eigenvalue weighted by Crippen LogP contribution is 2.17. The molecule has 0 fully saturated rings. The van der Waals surface area contributed by atoms with Crippen LogP contribution in [0.5, 0.6) is 0 Å². The van der Waals surface area contributed by atoms with Gasteiger partial charge in [0, 0.05) is 13.7 Å². The number of methoxy groups -OCH3 is 1. The molecular formula is C31H65NO3. The minimum atomic E-state index is -0.404. The van der Waals surface area contributed by atoms with Gasteiger partial charge < -0.3 is 14.9 Å². The molecule has 0 amide bonds. The van der Waals surface area contributed by atoms with Gasteiger partial charge in [0.15, 0.2) is 0 Å². The SMILES string of the molecule is CCCCCCCCCCCCCCCC(O)C(CO)N(CCCC)CCCCCCCCOC. The molecule has 0 aromatic heterocycles. The third-order valence-electron chi connectivity index (χ3n) is 7.55. The molecular weight excluding hydrogens is 434 g/mol. The van der Waals surface area contributed by atoms with Crippen LogP contribution in [0.15, 0.2) is 0 Å². The maximum absolute atomic E-state index is 10.9. The minimum absolute atomic E-state index is 0.0698. The normalized spacial score (nSPS) is 13.5. The molecule has 0 heterocycles. The average Bonchev–Trinajstić information content (AvgIpc) is 2.86. The van der Waals surface area contributed by atoms with Gasteiger partial charge in [-0.15, -0.1) is 0 Å². The number of nitrogens with zero attached hydrogens (tertiary/aromatic N) is 1. The molecule has 2 atom stereocenters. The van der Waals surface area contributed by atoms with Crippen molar-refractivity contribution in [2.75, 3.05) is 33.4 Å². The molecule has 35 heavy (non-hydrogen) atoms. The molecule has 0 aliphatic rings. The van der Waals surface area contributed by atoms with Crippen molar-refractivity contribution in [2.45, 2.75) is 167 Å². The number of unbranched alkanes of at least 4 members (excludes halogenated alkanes) is 18. The smallest absolute Gasteiger partial charge is 0.0717 e. The van der Waals surface area contributed by atoms with E-state index in [0.29, 0.717) is 0 Å². The Bertz CT molecular complexity index is 393. The summed E-state index contributed by atoms with van der Waals surface area (Å²) in [6, 6.07) is -0.0967. The van der Waals surface area contributed by atoms with E-state index in [-0.39, 0.29) is 12.6 Å².